The van der Waals surface area contributed by atoms with Gasteiger partial charge >= 0.3 is 0 Å². The first-order valence-corrected chi connectivity index (χ1v) is 8.14. The molecule has 0 unspecified atom stereocenters. The van der Waals surface area contributed by atoms with Crippen LogP contribution in [-0.2, 0) is 17.9 Å². The second kappa shape index (κ2) is 8.27. The SMILES string of the molecule is CCN1CCN(Cc2ccc(CNC(=O)[C@@H](C)N)cc2)CC1. The molecule has 1 atom stereocenters. The molecule has 0 aliphatic carbocycles. The number of likely N-dealkylation sites (N-methyl/N-ethyl adjacent to an activating group) is 1. The van der Waals surface area contributed by atoms with E-state index in [-0.39, 0.29) is 5.91 Å². The molecule has 1 amide bonds. The van der Waals surface area contributed by atoms with E-state index < -0.39 is 6.04 Å². The maximum atomic E-state index is 11.5. The molecule has 0 bridgehead atoms. The molecule has 1 heterocycles. The smallest absolute Gasteiger partial charge is 0.236 e. The van der Waals surface area contributed by atoms with Crippen LogP contribution >= 0.6 is 0 Å². The molecule has 0 radical (unpaired) electrons. The molecule has 5 nitrogen and oxygen atoms in total. The van der Waals surface area contributed by atoms with Crippen molar-refractivity contribution in [1.29, 1.82) is 0 Å². The number of nitrogens with two attached hydrogens (primary N) is 1. The maximum Gasteiger partial charge on any atom is 0.236 e. The lowest BCUT2D eigenvalue weighted by molar-refractivity contribution is -0.122. The average Bonchev–Trinajstić information content (AvgIpc) is 2.54. The standard InChI is InChI=1S/C17H28N4O/c1-3-20-8-10-21(11-9-20)13-16-6-4-15(5-7-16)12-19-17(22)14(2)18/h4-7,14H,3,8-13,18H2,1-2H3,(H,19,22)/t14-/m1/s1. The Hall–Kier alpha value is -1.43. The Labute approximate surface area is 133 Å². The molecule has 3 N–H and O–H groups in total. The molecule has 2 rings (SSSR count). The predicted octanol–water partition coefficient (Wildman–Crippen LogP) is 0.788. The molecule has 1 aromatic carbocycles. The highest BCUT2D eigenvalue weighted by Gasteiger charge is 2.15. The van der Waals surface area contributed by atoms with Crippen molar-refractivity contribution in [1.82, 2.24) is 15.1 Å². The minimum absolute atomic E-state index is 0.113. The first-order valence-electron chi connectivity index (χ1n) is 8.14. The van der Waals surface area contributed by atoms with Crippen molar-refractivity contribution >= 4 is 5.91 Å². The Bertz CT molecular complexity index is 464. The van der Waals surface area contributed by atoms with E-state index in [9.17, 15) is 4.79 Å². The number of piperazine rings is 1. The van der Waals surface area contributed by atoms with Gasteiger partial charge in [-0.05, 0) is 24.6 Å². The highest BCUT2D eigenvalue weighted by atomic mass is 16.2. The molecule has 0 saturated carbocycles. The van der Waals surface area contributed by atoms with E-state index >= 15 is 0 Å². The quantitative estimate of drug-likeness (QED) is 0.816. The van der Waals surface area contributed by atoms with Crippen LogP contribution in [0.1, 0.15) is 25.0 Å². The van der Waals surface area contributed by atoms with Gasteiger partial charge in [-0.15, -0.1) is 0 Å². The number of nitrogens with zero attached hydrogens (tertiary/aromatic N) is 2. The lowest BCUT2D eigenvalue weighted by Gasteiger charge is -2.34. The summed E-state index contributed by atoms with van der Waals surface area (Å²) in [5.74, 6) is -0.113. The zero-order chi connectivity index (χ0) is 15.9. The fourth-order valence-electron chi connectivity index (χ4n) is 2.63. The molecule has 122 valence electrons. The number of benzene rings is 1. The summed E-state index contributed by atoms with van der Waals surface area (Å²) in [4.78, 5) is 16.4. The number of nitrogens with one attached hydrogen (secondary N) is 1. The van der Waals surface area contributed by atoms with Gasteiger partial charge in [0.15, 0.2) is 0 Å². The van der Waals surface area contributed by atoms with Crippen molar-refractivity contribution in [3.63, 3.8) is 0 Å². The van der Waals surface area contributed by atoms with Crippen molar-refractivity contribution in [2.75, 3.05) is 32.7 Å². The molecular weight excluding hydrogens is 276 g/mol. The van der Waals surface area contributed by atoms with Crippen LogP contribution in [0.15, 0.2) is 24.3 Å². The molecule has 22 heavy (non-hydrogen) atoms. The number of amides is 1. The number of carbonyl (C=O) groups excluding carboxylic acids is 1. The van der Waals surface area contributed by atoms with Gasteiger partial charge in [-0.2, -0.15) is 0 Å². The highest BCUT2D eigenvalue weighted by molar-refractivity contribution is 5.80. The van der Waals surface area contributed by atoms with Crippen LogP contribution in [0, 0.1) is 0 Å². The van der Waals surface area contributed by atoms with E-state index in [1.165, 1.54) is 5.56 Å². The van der Waals surface area contributed by atoms with Gasteiger partial charge in [-0.3, -0.25) is 9.69 Å². The average molecular weight is 304 g/mol. The van der Waals surface area contributed by atoms with Gasteiger partial charge in [0.2, 0.25) is 5.91 Å². The lowest BCUT2D eigenvalue weighted by Crippen LogP contribution is -2.45. The third-order valence-electron chi connectivity index (χ3n) is 4.22. The van der Waals surface area contributed by atoms with Crippen molar-refractivity contribution in [3.05, 3.63) is 35.4 Å². The Kier molecular flexibility index (Phi) is 6.36. The molecular formula is C17H28N4O. The normalized spacial score (nSPS) is 18.1. The van der Waals surface area contributed by atoms with Gasteiger partial charge in [-0.1, -0.05) is 31.2 Å². The highest BCUT2D eigenvalue weighted by Crippen LogP contribution is 2.10. The van der Waals surface area contributed by atoms with Crippen LogP contribution in [0.4, 0.5) is 0 Å². The second-order valence-electron chi connectivity index (χ2n) is 6.03. The molecule has 1 aliphatic rings. The molecule has 0 spiro atoms. The number of rotatable bonds is 6. The Morgan fingerprint density at radius 3 is 2.23 bits per heavy atom. The monoisotopic (exact) mass is 304 g/mol. The maximum absolute atomic E-state index is 11.5. The number of carbonyl (C=O) groups is 1. The van der Waals surface area contributed by atoms with E-state index in [0.717, 1.165) is 44.8 Å². The summed E-state index contributed by atoms with van der Waals surface area (Å²) in [6.07, 6.45) is 0. The van der Waals surface area contributed by atoms with Gasteiger partial charge in [0, 0.05) is 39.3 Å². The predicted molar refractivity (Wildman–Crippen MR) is 89.3 cm³/mol. The molecule has 1 aromatic rings. The van der Waals surface area contributed by atoms with Crippen molar-refractivity contribution in [3.8, 4) is 0 Å². The zero-order valence-corrected chi connectivity index (χ0v) is 13.7. The number of hydrogen-bond acceptors (Lipinski definition) is 4. The third-order valence-corrected chi connectivity index (χ3v) is 4.22. The number of hydrogen-bond donors (Lipinski definition) is 2. The van der Waals surface area contributed by atoms with Crippen molar-refractivity contribution in [2.24, 2.45) is 5.73 Å². The lowest BCUT2D eigenvalue weighted by atomic mass is 10.1. The van der Waals surface area contributed by atoms with E-state index in [2.05, 4.69) is 46.3 Å². The van der Waals surface area contributed by atoms with Crippen LogP contribution in [-0.4, -0.2) is 54.5 Å². The zero-order valence-electron chi connectivity index (χ0n) is 13.7. The van der Waals surface area contributed by atoms with Gasteiger partial charge in [0.05, 0.1) is 6.04 Å². The summed E-state index contributed by atoms with van der Waals surface area (Å²) in [7, 11) is 0. The summed E-state index contributed by atoms with van der Waals surface area (Å²) >= 11 is 0. The molecule has 0 aromatic heterocycles. The first-order chi connectivity index (χ1) is 10.6. The Morgan fingerprint density at radius 1 is 1.14 bits per heavy atom. The fourth-order valence-corrected chi connectivity index (χ4v) is 2.63. The minimum atomic E-state index is -0.457. The summed E-state index contributed by atoms with van der Waals surface area (Å²) < 4.78 is 0. The summed E-state index contributed by atoms with van der Waals surface area (Å²) in [5, 5.41) is 2.83. The fraction of sp³-hybridized carbons (Fsp3) is 0.588. The van der Waals surface area contributed by atoms with E-state index in [0.29, 0.717) is 6.54 Å². The van der Waals surface area contributed by atoms with E-state index in [1.807, 2.05) is 0 Å². The summed E-state index contributed by atoms with van der Waals surface area (Å²) in [6.45, 7) is 11.2. The largest absolute Gasteiger partial charge is 0.351 e. The summed E-state index contributed by atoms with van der Waals surface area (Å²) in [6, 6.07) is 8.01. The topological polar surface area (TPSA) is 61.6 Å². The van der Waals surface area contributed by atoms with Crippen LogP contribution in [0.2, 0.25) is 0 Å². The molecule has 5 heteroatoms. The van der Waals surface area contributed by atoms with Gasteiger partial charge in [-0.25, -0.2) is 0 Å². The Balaban J connectivity index is 1.78. The van der Waals surface area contributed by atoms with Crippen molar-refractivity contribution < 1.29 is 4.79 Å². The molecule has 1 saturated heterocycles. The van der Waals surface area contributed by atoms with Crippen LogP contribution in [0.25, 0.3) is 0 Å². The van der Waals surface area contributed by atoms with E-state index in [1.54, 1.807) is 6.92 Å². The molecule has 1 fully saturated rings. The van der Waals surface area contributed by atoms with Crippen LogP contribution in [0.5, 0.6) is 0 Å². The van der Waals surface area contributed by atoms with E-state index in [4.69, 9.17) is 5.73 Å². The minimum Gasteiger partial charge on any atom is -0.351 e. The van der Waals surface area contributed by atoms with Crippen molar-refractivity contribution in [2.45, 2.75) is 33.0 Å². The first kappa shape index (κ1) is 16.9. The van der Waals surface area contributed by atoms with Crippen LogP contribution in [0.3, 0.4) is 0 Å². The Morgan fingerprint density at radius 2 is 1.68 bits per heavy atom. The summed E-state index contributed by atoms with van der Waals surface area (Å²) in [5.41, 5.74) is 7.96. The van der Waals surface area contributed by atoms with Gasteiger partial charge < -0.3 is 16.0 Å². The third kappa shape index (κ3) is 5.09. The van der Waals surface area contributed by atoms with Gasteiger partial charge in [0.1, 0.15) is 0 Å². The molecule has 1 aliphatic heterocycles. The van der Waals surface area contributed by atoms with Gasteiger partial charge in [0.25, 0.3) is 0 Å². The van der Waals surface area contributed by atoms with Crippen LogP contribution < -0.4 is 11.1 Å². The second-order valence-corrected chi connectivity index (χ2v) is 6.03.